The van der Waals surface area contributed by atoms with Gasteiger partial charge in [0.25, 0.3) is 11.8 Å². The van der Waals surface area contributed by atoms with Gasteiger partial charge in [-0.2, -0.15) is 0 Å². The molecule has 1 unspecified atom stereocenters. The second-order valence-electron chi connectivity index (χ2n) is 6.05. The van der Waals surface area contributed by atoms with Crippen LogP contribution in [0.5, 0.6) is 0 Å². The van der Waals surface area contributed by atoms with Crippen molar-refractivity contribution in [3.05, 3.63) is 59.9 Å². The number of quaternary nitrogens is 1. The number of carbonyl (C=O) groups is 3. The highest BCUT2D eigenvalue weighted by molar-refractivity contribution is 5.96. The first kappa shape index (κ1) is 19.3. The molecule has 0 saturated carbocycles. The van der Waals surface area contributed by atoms with E-state index in [1.807, 2.05) is 0 Å². The number of ketones is 1. The fourth-order valence-corrected chi connectivity index (χ4v) is 2.38. The van der Waals surface area contributed by atoms with Gasteiger partial charge in [0.2, 0.25) is 0 Å². The summed E-state index contributed by atoms with van der Waals surface area (Å²) in [6.07, 6.45) is 0. The smallest absolute Gasteiger partial charge is 0.279 e. The molecule has 26 heavy (non-hydrogen) atoms. The minimum absolute atomic E-state index is 0.0450. The molecule has 2 amide bonds. The minimum atomic E-state index is -0.432. The average Bonchev–Trinajstić information content (AvgIpc) is 2.54. The summed E-state index contributed by atoms with van der Waals surface area (Å²) >= 11 is 0. The summed E-state index contributed by atoms with van der Waals surface area (Å²) in [4.78, 5) is 35.9. The third-order valence-corrected chi connectivity index (χ3v) is 3.61. The second-order valence-corrected chi connectivity index (χ2v) is 6.05. The molecule has 1 atom stereocenters. The maximum atomic E-state index is 13.1. The van der Waals surface area contributed by atoms with Gasteiger partial charge < -0.3 is 15.5 Å². The zero-order valence-corrected chi connectivity index (χ0v) is 14.6. The van der Waals surface area contributed by atoms with Gasteiger partial charge in [-0.1, -0.05) is 6.07 Å². The number of nitrogens with one attached hydrogen (secondary N) is 3. The van der Waals surface area contributed by atoms with Crippen LogP contribution in [0.1, 0.15) is 17.3 Å². The van der Waals surface area contributed by atoms with Gasteiger partial charge in [0.15, 0.2) is 18.9 Å². The number of rotatable bonds is 7. The lowest BCUT2D eigenvalue weighted by molar-refractivity contribution is -0.862. The molecule has 136 valence electrons. The SMILES string of the molecule is CC(=O)c1ccc(NC(=O)C[NH+](C)CC(=O)Nc2cccc(F)c2)cc1. The number of halogens is 1. The fourth-order valence-electron chi connectivity index (χ4n) is 2.38. The highest BCUT2D eigenvalue weighted by atomic mass is 19.1. The van der Waals surface area contributed by atoms with E-state index in [0.717, 1.165) is 0 Å². The van der Waals surface area contributed by atoms with Crippen molar-refractivity contribution in [1.29, 1.82) is 0 Å². The van der Waals surface area contributed by atoms with E-state index in [9.17, 15) is 18.8 Å². The van der Waals surface area contributed by atoms with E-state index in [1.165, 1.54) is 25.1 Å². The summed E-state index contributed by atoms with van der Waals surface area (Å²) in [5.74, 6) is -1.04. The van der Waals surface area contributed by atoms with Crippen LogP contribution in [0.2, 0.25) is 0 Å². The van der Waals surface area contributed by atoms with Crippen LogP contribution in [-0.2, 0) is 9.59 Å². The summed E-state index contributed by atoms with van der Waals surface area (Å²) in [5.41, 5.74) is 1.52. The lowest BCUT2D eigenvalue weighted by Crippen LogP contribution is -3.11. The summed E-state index contributed by atoms with van der Waals surface area (Å²) in [5, 5.41) is 5.31. The van der Waals surface area contributed by atoms with Crippen molar-refractivity contribution < 1.29 is 23.7 Å². The Morgan fingerprint density at radius 1 is 0.923 bits per heavy atom. The molecule has 0 aliphatic carbocycles. The number of benzene rings is 2. The van der Waals surface area contributed by atoms with Crippen LogP contribution < -0.4 is 15.5 Å². The minimum Gasteiger partial charge on any atom is -0.322 e. The number of anilines is 2. The average molecular weight is 358 g/mol. The van der Waals surface area contributed by atoms with Gasteiger partial charge in [-0.05, 0) is 49.4 Å². The molecule has 0 aliphatic heterocycles. The summed E-state index contributed by atoms with van der Waals surface area (Å²) in [6, 6.07) is 12.2. The number of likely N-dealkylation sites (N-methyl/N-ethyl adjacent to an activating group) is 1. The molecule has 0 radical (unpaired) electrons. The molecule has 2 aromatic rings. The maximum Gasteiger partial charge on any atom is 0.279 e. The van der Waals surface area contributed by atoms with E-state index in [2.05, 4.69) is 10.6 Å². The summed E-state index contributed by atoms with van der Waals surface area (Å²) in [7, 11) is 1.71. The molecule has 0 spiro atoms. The van der Waals surface area contributed by atoms with Gasteiger partial charge in [-0.15, -0.1) is 0 Å². The molecule has 0 bridgehead atoms. The lowest BCUT2D eigenvalue weighted by Gasteiger charge is -2.14. The van der Waals surface area contributed by atoms with Gasteiger partial charge in [0.1, 0.15) is 5.82 Å². The number of hydrogen-bond donors (Lipinski definition) is 3. The van der Waals surface area contributed by atoms with Gasteiger partial charge in [0, 0.05) is 16.9 Å². The van der Waals surface area contributed by atoms with E-state index in [-0.39, 0.29) is 30.7 Å². The van der Waals surface area contributed by atoms with E-state index in [0.29, 0.717) is 21.8 Å². The molecule has 2 aromatic carbocycles. The zero-order chi connectivity index (χ0) is 19.1. The van der Waals surface area contributed by atoms with E-state index < -0.39 is 5.82 Å². The van der Waals surface area contributed by atoms with Crippen LogP contribution in [0, 0.1) is 5.82 Å². The quantitative estimate of drug-likeness (QED) is 0.649. The van der Waals surface area contributed by atoms with Crippen LogP contribution >= 0.6 is 0 Å². The zero-order valence-electron chi connectivity index (χ0n) is 14.6. The Hall–Kier alpha value is -3.06. The second kappa shape index (κ2) is 8.87. The molecule has 7 heteroatoms. The molecule has 2 rings (SSSR count). The van der Waals surface area contributed by atoms with Gasteiger partial charge in [-0.3, -0.25) is 14.4 Å². The van der Waals surface area contributed by atoms with Crippen molar-refractivity contribution in [2.45, 2.75) is 6.92 Å². The van der Waals surface area contributed by atoms with Crippen LogP contribution in [-0.4, -0.2) is 37.7 Å². The van der Waals surface area contributed by atoms with Crippen molar-refractivity contribution >= 4 is 29.0 Å². The van der Waals surface area contributed by atoms with E-state index in [1.54, 1.807) is 37.4 Å². The van der Waals surface area contributed by atoms with E-state index >= 15 is 0 Å². The number of amides is 2. The molecule has 6 nitrogen and oxygen atoms in total. The Balaban J connectivity index is 1.80. The topological polar surface area (TPSA) is 79.7 Å². The van der Waals surface area contributed by atoms with Crippen molar-refractivity contribution in [2.24, 2.45) is 0 Å². The molecule has 0 aliphatic rings. The maximum absolute atomic E-state index is 13.1. The van der Waals surface area contributed by atoms with E-state index in [4.69, 9.17) is 0 Å². The van der Waals surface area contributed by atoms with Crippen LogP contribution in [0.25, 0.3) is 0 Å². The van der Waals surface area contributed by atoms with Gasteiger partial charge in [-0.25, -0.2) is 4.39 Å². The highest BCUT2D eigenvalue weighted by Gasteiger charge is 2.15. The Bertz CT molecular complexity index is 806. The molecular formula is C19H21FN3O3+. The first-order valence-corrected chi connectivity index (χ1v) is 8.11. The molecular weight excluding hydrogens is 337 g/mol. The Kier molecular flexibility index (Phi) is 6.57. The molecule has 3 N–H and O–H groups in total. The lowest BCUT2D eigenvalue weighted by atomic mass is 10.1. The molecule has 0 saturated heterocycles. The highest BCUT2D eigenvalue weighted by Crippen LogP contribution is 2.10. The Morgan fingerprint density at radius 2 is 1.50 bits per heavy atom. The van der Waals surface area contributed by atoms with Gasteiger partial charge in [0.05, 0.1) is 7.05 Å². The van der Waals surface area contributed by atoms with Crippen molar-refractivity contribution in [1.82, 2.24) is 0 Å². The first-order valence-electron chi connectivity index (χ1n) is 8.11. The largest absolute Gasteiger partial charge is 0.322 e. The van der Waals surface area contributed by atoms with Crippen LogP contribution in [0.15, 0.2) is 48.5 Å². The third-order valence-electron chi connectivity index (χ3n) is 3.61. The number of Topliss-reactive ketones (excluding diaryl/α,β-unsaturated/α-hetero) is 1. The number of hydrogen-bond acceptors (Lipinski definition) is 3. The van der Waals surface area contributed by atoms with Crippen molar-refractivity contribution in [2.75, 3.05) is 30.8 Å². The monoisotopic (exact) mass is 358 g/mol. The van der Waals surface area contributed by atoms with Crippen molar-refractivity contribution in [3.63, 3.8) is 0 Å². The predicted octanol–water partition coefficient (Wildman–Crippen LogP) is 1.12. The third kappa shape index (κ3) is 6.10. The van der Waals surface area contributed by atoms with Crippen LogP contribution in [0.3, 0.4) is 0 Å². The van der Waals surface area contributed by atoms with Crippen LogP contribution in [0.4, 0.5) is 15.8 Å². The Morgan fingerprint density at radius 3 is 2.04 bits per heavy atom. The normalized spacial score (nSPS) is 11.5. The van der Waals surface area contributed by atoms with Gasteiger partial charge >= 0.3 is 0 Å². The molecule has 0 fully saturated rings. The summed E-state index contributed by atoms with van der Waals surface area (Å²) in [6.45, 7) is 1.62. The summed E-state index contributed by atoms with van der Waals surface area (Å²) < 4.78 is 13.1. The molecule has 0 aromatic heterocycles. The molecule has 0 heterocycles. The number of carbonyl (C=O) groups excluding carboxylic acids is 3. The Labute approximate surface area is 151 Å². The predicted molar refractivity (Wildman–Crippen MR) is 96.7 cm³/mol. The fraction of sp³-hybridized carbons (Fsp3) is 0.211. The van der Waals surface area contributed by atoms with Crippen molar-refractivity contribution in [3.8, 4) is 0 Å². The first-order chi connectivity index (χ1) is 12.3. The standard InChI is InChI=1S/C19H20FN3O3/c1-13(24)14-6-8-16(9-7-14)21-18(25)11-23(2)12-19(26)22-17-5-3-4-15(20)10-17/h3-10H,11-12H2,1-2H3,(H,21,25)(H,22,26)/p+1.